The highest BCUT2D eigenvalue weighted by Gasteiger charge is 2.04. The van der Waals surface area contributed by atoms with Crippen LogP contribution in [-0.4, -0.2) is 12.2 Å². The molecule has 2 rings (SSSR count). The lowest BCUT2D eigenvalue weighted by Gasteiger charge is -2.09. The van der Waals surface area contributed by atoms with Crippen LogP contribution in [0, 0.1) is 5.82 Å². The Bertz CT molecular complexity index is 604. The number of hydrogen-bond donors (Lipinski definition) is 2. The molecule has 2 aromatic carbocycles. The van der Waals surface area contributed by atoms with Gasteiger partial charge >= 0.3 is 0 Å². The zero-order valence-electron chi connectivity index (χ0n) is 11.0. The Hall–Kier alpha value is -1.78. The van der Waals surface area contributed by atoms with Gasteiger partial charge in [-0.05, 0) is 23.8 Å². The molecular formula is C15H15ClFNO2. The maximum Gasteiger partial charge on any atom is 0.141 e. The second-order valence-corrected chi connectivity index (χ2v) is 4.75. The molecule has 0 saturated carbocycles. The van der Waals surface area contributed by atoms with Crippen molar-refractivity contribution in [1.82, 2.24) is 5.32 Å². The highest BCUT2D eigenvalue weighted by Crippen LogP contribution is 2.23. The average molecular weight is 296 g/mol. The first-order valence-electron chi connectivity index (χ1n) is 6.10. The van der Waals surface area contributed by atoms with E-state index in [2.05, 4.69) is 5.32 Å². The Labute approximate surface area is 122 Å². The van der Waals surface area contributed by atoms with E-state index < -0.39 is 5.82 Å². The van der Waals surface area contributed by atoms with Crippen molar-refractivity contribution in [2.45, 2.75) is 13.1 Å². The van der Waals surface area contributed by atoms with Crippen molar-refractivity contribution in [1.29, 1.82) is 0 Å². The molecule has 0 heterocycles. The highest BCUT2D eigenvalue weighted by atomic mass is 35.5. The summed E-state index contributed by atoms with van der Waals surface area (Å²) in [6.07, 6.45) is 0. The summed E-state index contributed by atoms with van der Waals surface area (Å²) in [7, 11) is 1.55. The third-order valence-electron chi connectivity index (χ3n) is 2.92. The largest absolute Gasteiger partial charge is 0.507 e. The maximum absolute atomic E-state index is 13.0. The minimum absolute atomic E-state index is 0.108. The number of phenolic OH excluding ortho intramolecular Hbond substituents is 1. The predicted molar refractivity (Wildman–Crippen MR) is 76.6 cm³/mol. The van der Waals surface area contributed by atoms with Crippen LogP contribution >= 0.6 is 11.6 Å². The Morgan fingerprint density at radius 3 is 2.65 bits per heavy atom. The highest BCUT2D eigenvalue weighted by molar-refractivity contribution is 6.30. The summed E-state index contributed by atoms with van der Waals surface area (Å²) < 4.78 is 18.0. The molecular weight excluding hydrogens is 281 g/mol. The van der Waals surface area contributed by atoms with Gasteiger partial charge in [0, 0.05) is 24.7 Å². The van der Waals surface area contributed by atoms with E-state index in [0.717, 1.165) is 11.1 Å². The molecule has 0 fully saturated rings. The molecule has 0 aliphatic rings. The van der Waals surface area contributed by atoms with E-state index in [1.54, 1.807) is 37.4 Å². The molecule has 0 aliphatic carbocycles. The zero-order valence-corrected chi connectivity index (χ0v) is 11.7. The summed E-state index contributed by atoms with van der Waals surface area (Å²) >= 11 is 5.71. The summed E-state index contributed by atoms with van der Waals surface area (Å²) in [5.41, 5.74) is 1.64. The van der Waals surface area contributed by atoms with Crippen molar-refractivity contribution in [3.8, 4) is 11.5 Å². The van der Waals surface area contributed by atoms with E-state index in [-0.39, 0.29) is 10.8 Å². The molecule has 3 nitrogen and oxygen atoms in total. The fourth-order valence-corrected chi connectivity index (χ4v) is 2.01. The summed E-state index contributed by atoms with van der Waals surface area (Å²) in [5.74, 6) is 0.355. The van der Waals surface area contributed by atoms with Crippen LogP contribution in [-0.2, 0) is 13.1 Å². The molecule has 0 spiro atoms. The van der Waals surface area contributed by atoms with E-state index >= 15 is 0 Å². The number of aromatic hydroxyl groups is 1. The van der Waals surface area contributed by atoms with Crippen LogP contribution in [0.2, 0.25) is 5.02 Å². The van der Waals surface area contributed by atoms with Gasteiger partial charge in [-0.1, -0.05) is 23.7 Å². The molecule has 2 N–H and O–H groups in total. The monoisotopic (exact) mass is 295 g/mol. The standard InChI is InChI=1S/C15H15ClFNO2/c1-20-12-4-3-11(15(19)7-12)9-18-8-10-2-5-14(17)13(16)6-10/h2-7,18-19H,8-9H2,1H3. The molecule has 20 heavy (non-hydrogen) atoms. The Kier molecular flexibility index (Phi) is 4.82. The van der Waals surface area contributed by atoms with Gasteiger partial charge in [-0.3, -0.25) is 0 Å². The first-order chi connectivity index (χ1) is 9.60. The lowest BCUT2D eigenvalue weighted by molar-refractivity contribution is 0.406. The van der Waals surface area contributed by atoms with Crippen molar-refractivity contribution < 1.29 is 14.2 Å². The number of ether oxygens (including phenoxy) is 1. The lowest BCUT2D eigenvalue weighted by Crippen LogP contribution is -2.12. The Morgan fingerprint density at radius 1 is 1.20 bits per heavy atom. The van der Waals surface area contributed by atoms with E-state index in [9.17, 15) is 9.50 Å². The van der Waals surface area contributed by atoms with Crippen LogP contribution in [0.4, 0.5) is 4.39 Å². The molecule has 0 bridgehead atoms. The van der Waals surface area contributed by atoms with Gasteiger partial charge in [0.05, 0.1) is 12.1 Å². The molecule has 2 aromatic rings. The van der Waals surface area contributed by atoms with Gasteiger partial charge in [-0.25, -0.2) is 4.39 Å². The molecule has 0 amide bonds. The van der Waals surface area contributed by atoms with Gasteiger partial charge in [0.25, 0.3) is 0 Å². The minimum atomic E-state index is -0.428. The molecule has 0 unspecified atom stereocenters. The van der Waals surface area contributed by atoms with Crippen molar-refractivity contribution in [2.24, 2.45) is 0 Å². The van der Waals surface area contributed by atoms with Crippen molar-refractivity contribution in [3.63, 3.8) is 0 Å². The Morgan fingerprint density at radius 2 is 2.00 bits per heavy atom. The maximum atomic E-state index is 13.0. The first-order valence-corrected chi connectivity index (χ1v) is 6.48. The molecule has 5 heteroatoms. The zero-order chi connectivity index (χ0) is 14.5. The second-order valence-electron chi connectivity index (χ2n) is 4.35. The molecule has 0 aliphatic heterocycles. The van der Waals surface area contributed by atoms with Crippen LogP contribution in [0.25, 0.3) is 0 Å². The molecule has 0 aromatic heterocycles. The van der Waals surface area contributed by atoms with Gasteiger partial charge in [0.2, 0.25) is 0 Å². The normalized spacial score (nSPS) is 10.6. The van der Waals surface area contributed by atoms with Crippen molar-refractivity contribution >= 4 is 11.6 Å². The molecule has 0 radical (unpaired) electrons. The number of rotatable bonds is 5. The van der Waals surface area contributed by atoms with E-state index in [1.807, 2.05) is 0 Å². The lowest BCUT2D eigenvalue weighted by atomic mass is 10.1. The number of halogens is 2. The van der Waals surface area contributed by atoms with Crippen molar-refractivity contribution in [3.05, 3.63) is 58.4 Å². The quantitative estimate of drug-likeness (QED) is 0.887. The molecule has 0 atom stereocenters. The average Bonchev–Trinajstić information content (AvgIpc) is 2.44. The van der Waals surface area contributed by atoms with E-state index in [4.69, 9.17) is 16.3 Å². The first kappa shape index (κ1) is 14.6. The van der Waals surface area contributed by atoms with Crippen LogP contribution < -0.4 is 10.1 Å². The fraction of sp³-hybridized carbons (Fsp3) is 0.200. The van der Waals surface area contributed by atoms with Gasteiger partial charge < -0.3 is 15.2 Å². The minimum Gasteiger partial charge on any atom is -0.507 e. The number of phenols is 1. The third kappa shape index (κ3) is 3.62. The molecule has 0 saturated heterocycles. The number of nitrogens with one attached hydrogen (secondary N) is 1. The van der Waals surface area contributed by atoms with E-state index in [1.165, 1.54) is 6.07 Å². The van der Waals surface area contributed by atoms with Crippen molar-refractivity contribution in [2.75, 3.05) is 7.11 Å². The summed E-state index contributed by atoms with van der Waals surface area (Å²) in [6, 6.07) is 9.72. The summed E-state index contributed by atoms with van der Waals surface area (Å²) in [5, 5.41) is 13.1. The van der Waals surface area contributed by atoms with Gasteiger partial charge in [-0.15, -0.1) is 0 Å². The number of methoxy groups -OCH3 is 1. The summed E-state index contributed by atoms with van der Waals surface area (Å²) in [6.45, 7) is 1.02. The smallest absolute Gasteiger partial charge is 0.141 e. The SMILES string of the molecule is COc1ccc(CNCc2ccc(F)c(Cl)c2)c(O)c1. The summed E-state index contributed by atoms with van der Waals surface area (Å²) in [4.78, 5) is 0. The van der Waals surface area contributed by atoms with Crippen LogP contribution in [0.5, 0.6) is 11.5 Å². The number of hydrogen-bond acceptors (Lipinski definition) is 3. The third-order valence-corrected chi connectivity index (χ3v) is 3.21. The fourth-order valence-electron chi connectivity index (χ4n) is 1.81. The van der Waals surface area contributed by atoms with Gasteiger partial charge in [-0.2, -0.15) is 0 Å². The van der Waals surface area contributed by atoms with Gasteiger partial charge in [0.15, 0.2) is 0 Å². The number of benzene rings is 2. The topological polar surface area (TPSA) is 41.5 Å². The van der Waals surface area contributed by atoms with E-state index in [0.29, 0.717) is 18.8 Å². The van der Waals surface area contributed by atoms with Gasteiger partial charge in [0.1, 0.15) is 17.3 Å². The predicted octanol–water partition coefficient (Wildman–Crippen LogP) is 3.48. The Balaban J connectivity index is 1.94. The molecule has 106 valence electrons. The van der Waals surface area contributed by atoms with Crippen LogP contribution in [0.3, 0.4) is 0 Å². The van der Waals surface area contributed by atoms with Crippen LogP contribution in [0.15, 0.2) is 36.4 Å². The van der Waals surface area contributed by atoms with Crippen LogP contribution in [0.1, 0.15) is 11.1 Å². The second kappa shape index (κ2) is 6.59.